The van der Waals surface area contributed by atoms with Gasteiger partial charge < -0.3 is 71.8 Å². The van der Waals surface area contributed by atoms with E-state index in [0.29, 0.717) is 13.0 Å². The highest BCUT2D eigenvalue weighted by atomic mass is 31.1. The zero-order valence-electron chi connectivity index (χ0n) is 51.0. The van der Waals surface area contributed by atoms with E-state index < -0.39 is 106 Å². The molecule has 470 valence electrons. The molecule has 0 bridgehead atoms. The lowest BCUT2D eigenvalue weighted by Gasteiger charge is -2.56. The Morgan fingerprint density at radius 3 is 1.60 bits per heavy atom. The second-order valence-electron chi connectivity index (χ2n) is 24.1. The van der Waals surface area contributed by atoms with E-state index in [1.165, 1.54) is 6.92 Å². The Bertz CT molecular complexity index is 2890. The minimum atomic E-state index is -3.15. The number of hydrogen-bond donors (Lipinski definition) is 1. The van der Waals surface area contributed by atoms with E-state index in [0.717, 1.165) is 27.8 Å². The van der Waals surface area contributed by atoms with E-state index in [9.17, 15) is 14.3 Å². The maximum atomic E-state index is 13.2. The number of carbonyl (C=O) groups excluding carboxylic acids is 1. The van der Waals surface area contributed by atoms with E-state index in [1.54, 1.807) is 0 Å². The monoisotopic (exact) mass is 1220 g/mol. The largest absolute Gasteiger partial charge is 0.566 e. The van der Waals surface area contributed by atoms with Gasteiger partial charge in [0.1, 0.15) is 48.8 Å². The lowest BCUT2D eigenvalue weighted by molar-refractivity contribution is -0.430. The summed E-state index contributed by atoms with van der Waals surface area (Å²) in [5.74, 6) is -1.36. The van der Waals surface area contributed by atoms with Gasteiger partial charge >= 0.3 is 8.25 Å². The molecule has 19 heteroatoms. The van der Waals surface area contributed by atoms with Crippen molar-refractivity contribution < 1.29 is 80.4 Å². The fourth-order valence-corrected chi connectivity index (χ4v) is 12.9. The minimum Gasteiger partial charge on any atom is -0.566 e. The smallest absolute Gasteiger partial charge is 0.488 e. The average Bonchev–Trinajstić information content (AvgIpc) is 1.09. The van der Waals surface area contributed by atoms with Crippen molar-refractivity contribution in [3.8, 4) is 0 Å². The first-order chi connectivity index (χ1) is 42.2. The van der Waals surface area contributed by atoms with Gasteiger partial charge in [0.2, 0.25) is 5.91 Å². The number of rotatable bonds is 25. The summed E-state index contributed by atoms with van der Waals surface area (Å²) >= 11 is 0. The van der Waals surface area contributed by atoms with E-state index in [1.807, 2.05) is 172 Å². The van der Waals surface area contributed by atoms with Crippen LogP contribution in [0.25, 0.3) is 0 Å². The molecule has 18 nitrogen and oxygen atoms in total. The first-order valence-corrected chi connectivity index (χ1v) is 31.8. The molecule has 0 aromatic heterocycles. The van der Waals surface area contributed by atoms with Crippen molar-refractivity contribution in [2.24, 2.45) is 29.6 Å². The summed E-state index contributed by atoms with van der Waals surface area (Å²) in [7, 11) is -3.15. The lowest BCUT2D eigenvalue weighted by Crippen LogP contribution is -2.71. The van der Waals surface area contributed by atoms with Gasteiger partial charge in [-0.25, -0.2) is 0 Å². The molecule has 5 saturated heterocycles. The quantitative estimate of drug-likeness (QED) is 0.0541. The predicted octanol–water partition coefficient (Wildman–Crippen LogP) is 10.3. The Hall–Kier alpha value is -4.93. The number of fused-ring (bicyclic) bond motifs is 1. The Kier molecular flexibility index (Phi) is 23.0. The van der Waals surface area contributed by atoms with E-state index >= 15 is 0 Å². The van der Waals surface area contributed by atoms with Gasteiger partial charge in [-0.2, -0.15) is 0 Å². The molecule has 5 heterocycles. The van der Waals surface area contributed by atoms with Gasteiger partial charge in [-0.05, 0) is 63.8 Å². The third kappa shape index (κ3) is 16.3. The number of ether oxygens (including phenoxy) is 13. The van der Waals surface area contributed by atoms with Crippen LogP contribution in [0, 0.1) is 29.6 Å². The molecule has 5 aromatic rings. The second-order valence-corrected chi connectivity index (χ2v) is 24.8. The summed E-state index contributed by atoms with van der Waals surface area (Å²) < 4.78 is 109. The molecule has 0 aliphatic carbocycles. The van der Waals surface area contributed by atoms with Crippen LogP contribution < -0.4 is 10.2 Å². The van der Waals surface area contributed by atoms with Crippen LogP contribution in [0.3, 0.4) is 0 Å². The third-order valence-corrected chi connectivity index (χ3v) is 18.4. The van der Waals surface area contributed by atoms with Crippen molar-refractivity contribution in [1.29, 1.82) is 0 Å². The van der Waals surface area contributed by atoms with Crippen LogP contribution in [0.1, 0.15) is 95.9 Å². The highest BCUT2D eigenvalue weighted by molar-refractivity contribution is 7.30. The molecule has 10 unspecified atom stereocenters. The molecule has 0 spiro atoms. The summed E-state index contributed by atoms with van der Waals surface area (Å²) in [6, 6.07) is 48.4. The average molecular weight is 1220 g/mol. The van der Waals surface area contributed by atoms with E-state index in [2.05, 4.69) is 33.0 Å². The van der Waals surface area contributed by atoms with Crippen molar-refractivity contribution in [3.63, 3.8) is 0 Å². The Morgan fingerprint density at radius 2 is 1.02 bits per heavy atom. The standard InChI is InChI=1S/C68H86NO17P/c1-9-53-42(2)45(5)59(83-65-58(74-36-49-27-17-11-18-28-49)44(4)43(3)54(80-65)40-78-87(71)72)66(79-53)84-60-61(75-37-50-29-19-12-20-30-50)67(86-68(8)41-77-63(85-62(60)68)52-33-23-14-24-34-52)82-57-46(6)56(69-47(7)70)64(76-38-51-31-21-13-22-32-51)81-55(57)39-73-35-48-25-15-10-16-26-48/h10-34,42-46,53-67H,9,35-41H2,1-8H3,(H,69,70)/t42-,43-,44?,45?,46+,53-,54-,55?,56?,57-,58?,59?,60+,61?,62-,63?,64+,65+,66+,67+,68?/m0/s1. The third-order valence-electron chi connectivity index (χ3n) is 18.0. The first kappa shape index (κ1) is 65.0. The summed E-state index contributed by atoms with van der Waals surface area (Å²) in [4.78, 5) is 25.1. The maximum Gasteiger partial charge on any atom is 0.488 e. The molecule has 0 radical (unpaired) electrons. The highest BCUT2D eigenvalue weighted by Crippen LogP contribution is 2.47. The Morgan fingerprint density at radius 1 is 0.540 bits per heavy atom. The van der Waals surface area contributed by atoms with Crippen molar-refractivity contribution in [1.82, 2.24) is 5.32 Å². The van der Waals surface area contributed by atoms with Gasteiger partial charge in [-0.15, -0.1) is 4.52 Å². The second kappa shape index (κ2) is 30.7. The normalized spacial score (nSPS) is 35.4. The lowest BCUT2D eigenvalue weighted by atomic mass is 9.81. The molecular weight excluding hydrogens is 1130 g/mol. The van der Waals surface area contributed by atoms with Crippen LogP contribution in [0.4, 0.5) is 0 Å². The van der Waals surface area contributed by atoms with E-state index in [4.69, 9.17) is 66.1 Å². The molecule has 22 atom stereocenters. The van der Waals surface area contributed by atoms with Gasteiger partial charge in [-0.3, -0.25) is 4.79 Å². The van der Waals surface area contributed by atoms with Crippen molar-refractivity contribution >= 4 is 14.2 Å². The van der Waals surface area contributed by atoms with E-state index in [-0.39, 0.29) is 75.3 Å². The Balaban J connectivity index is 1.04. The topological polar surface area (TPSA) is 198 Å². The highest BCUT2D eigenvalue weighted by Gasteiger charge is 2.61. The van der Waals surface area contributed by atoms with Crippen molar-refractivity contribution in [3.05, 3.63) is 179 Å². The number of nitrogens with one attached hydrogen (secondary N) is 1. The molecule has 87 heavy (non-hydrogen) atoms. The Labute approximate surface area is 512 Å². The number of hydrogen-bond acceptors (Lipinski definition) is 17. The number of carbonyl (C=O) groups is 1. The molecule has 10 rings (SSSR count). The predicted molar refractivity (Wildman–Crippen MR) is 319 cm³/mol. The summed E-state index contributed by atoms with van der Waals surface area (Å²) in [6.07, 6.45) is -11.4. The fourth-order valence-electron chi connectivity index (χ4n) is 12.7. The molecule has 1 N–H and O–H groups in total. The van der Waals surface area contributed by atoms with Crippen LogP contribution >= 0.6 is 8.25 Å². The fraction of sp³-hybridized carbons (Fsp3) is 0.544. The maximum absolute atomic E-state index is 13.2. The van der Waals surface area contributed by atoms with Crippen molar-refractivity contribution in [2.45, 2.75) is 186 Å². The van der Waals surface area contributed by atoms with Crippen LogP contribution in [0.5, 0.6) is 0 Å². The van der Waals surface area contributed by atoms with Gasteiger partial charge in [-0.1, -0.05) is 193 Å². The minimum absolute atomic E-state index is 0.0269. The van der Waals surface area contributed by atoms with Crippen LogP contribution in [-0.4, -0.2) is 117 Å². The van der Waals surface area contributed by atoms with Crippen LogP contribution in [0.15, 0.2) is 152 Å². The van der Waals surface area contributed by atoms with Crippen molar-refractivity contribution in [2.75, 3.05) is 19.8 Å². The van der Waals surface area contributed by atoms with Gasteiger partial charge in [0.25, 0.3) is 0 Å². The summed E-state index contributed by atoms with van der Waals surface area (Å²) in [6.45, 7) is 16.6. The molecule has 5 aliphatic rings. The first-order valence-electron chi connectivity index (χ1n) is 30.7. The molecule has 5 aliphatic heterocycles. The summed E-state index contributed by atoms with van der Waals surface area (Å²) in [5, 5.41) is 3.15. The number of benzene rings is 5. The molecule has 5 fully saturated rings. The molecule has 1 amide bonds. The zero-order chi connectivity index (χ0) is 61.0. The van der Waals surface area contributed by atoms with Gasteiger partial charge in [0.15, 0.2) is 31.5 Å². The molecular formula is C68H86NO17P. The zero-order valence-corrected chi connectivity index (χ0v) is 51.9. The van der Waals surface area contributed by atoms with Crippen LogP contribution in [-0.2, 0) is 102 Å². The van der Waals surface area contributed by atoms with Gasteiger partial charge in [0, 0.05) is 18.4 Å². The van der Waals surface area contributed by atoms with Crippen LogP contribution in [0.2, 0.25) is 0 Å². The number of amides is 1. The molecule has 5 aromatic carbocycles. The molecule has 0 saturated carbocycles. The SMILES string of the molecule is CC[C@@H]1O[C@H](O[C@@H]2C(OCc3ccccc3)[C@H](O[C@@H]3C(COCc4ccccc4)O[C@@H](OCc4ccccc4)C(NC(C)=O)[C@H]3C)OC3(C)COC(c4ccccc4)O[C@@H]23)C(O[C@H]2O[C@@H](CO[P+](=O)[O-])[C@@H](C)C(C)C2OCc2ccccc2)C(C)[C@@H]1C. The summed E-state index contributed by atoms with van der Waals surface area (Å²) in [5.41, 5.74) is 3.29. The van der Waals surface area contributed by atoms with Gasteiger partial charge in [0.05, 0.1) is 64.0 Å².